The minimum Gasteiger partial charge on any atom is -0.393 e. The van der Waals surface area contributed by atoms with Crippen LogP contribution in [0.3, 0.4) is 0 Å². The average molecular weight is 267 g/mol. The number of hydrogen-bond acceptors (Lipinski definition) is 4. The van der Waals surface area contributed by atoms with Gasteiger partial charge in [-0.05, 0) is 31.2 Å². The minimum absolute atomic E-state index is 0.161. The van der Waals surface area contributed by atoms with Crippen molar-refractivity contribution in [1.29, 1.82) is 5.26 Å². The van der Waals surface area contributed by atoms with E-state index in [0.717, 1.165) is 42.4 Å². The quantitative estimate of drug-likeness (QED) is 0.897. The topological polar surface area (TPSA) is 68.9 Å². The van der Waals surface area contributed by atoms with Gasteiger partial charge in [0.25, 0.3) is 0 Å². The summed E-state index contributed by atoms with van der Waals surface area (Å²) in [5.74, 6) is 0.475. The van der Waals surface area contributed by atoms with Crippen LogP contribution in [0.4, 0.5) is 5.69 Å². The highest BCUT2D eigenvalue weighted by Crippen LogP contribution is 2.29. The Hall–Kier alpha value is -2.12. The summed E-state index contributed by atoms with van der Waals surface area (Å²) in [7, 11) is 0. The molecule has 20 heavy (non-hydrogen) atoms. The van der Waals surface area contributed by atoms with Crippen molar-refractivity contribution in [2.45, 2.75) is 25.4 Å². The van der Waals surface area contributed by atoms with Crippen LogP contribution in [-0.4, -0.2) is 22.7 Å². The molecule has 2 N–H and O–H groups in total. The lowest BCUT2D eigenvalue weighted by Gasteiger charge is -2.15. The zero-order valence-electron chi connectivity index (χ0n) is 11.2. The molecule has 1 heterocycles. The summed E-state index contributed by atoms with van der Waals surface area (Å²) in [4.78, 5) is 4.30. The van der Waals surface area contributed by atoms with Crippen LogP contribution < -0.4 is 5.32 Å². The molecular formula is C16H17N3O. The Labute approximate surface area is 118 Å². The van der Waals surface area contributed by atoms with E-state index in [1.807, 2.05) is 24.3 Å². The SMILES string of the molecule is N#Cc1cnc2ccccc2c1NCC1CCC(O)C1. The molecule has 2 aromatic rings. The third-order valence-corrected chi connectivity index (χ3v) is 3.98. The van der Waals surface area contributed by atoms with E-state index in [0.29, 0.717) is 11.5 Å². The van der Waals surface area contributed by atoms with Crippen LogP contribution in [0.15, 0.2) is 30.5 Å². The van der Waals surface area contributed by atoms with Crippen molar-refractivity contribution in [3.63, 3.8) is 0 Å². The number of para-hydroxylation sites is 1. The van der Waals surface area contributed by atoms with Crippen LogP contribution in [0.5, 0.6) is 0 Å². The number of aromatic nitrogens is 1. The highest BCUT2D eigenvalue weighted by Gasteiger charge is 2.22. The number of pyridine rings is 1. The van der Waals surface area contributed by atoms with Crippen molar-refractivity contribution in [3.8, 4) is 6.07 Å². The maximum atomic E-state index is 9.58. The van der Waals surface area contributed by atoms with Crippen LogP contribution >= 0.6 is 0 Å². The molecule has 2 unspecified atom stereocenters. The number of rotatable bonds is 3. The number of nitriles is 1. The van der Waals surface area contributed by atoms with E-state index in [1.54, 1.807) is 6.20 Å². The first kappa shape index (κ1) is 12.9. The summed E-state index contributed by atoms with van der Waals surface area (Å²) in [5.41, 5.74) is 2.32. The number of aliphatic hydroxyl groups is 1. The number of benzene rings is 1. The van der Waals surface area contributed by atoms with Crippen molar-refractivity contribution >= 4 is 16.6 Å². The van der Waals surface area contributed by atoms with Gasteiger partial charge in [0.2, 0.25) is 0 Å². The molecule has 1 aromatic heterocycles. The molecule has 0 aliphatic heterocycles. The van der Waals surface area contributed by atoms with E-state index >= 15 is 0 Å². The van der Waals surface area contributed by atoms with Crippen LogP contribution in [-0.2, 0) is 0 Å². The van der Waals surface area contributed by atoms with Gasteiger partial charge in [-0.15, -0.1) is 0 Å². The lowest BCUT2D eigenvalue weighted by molar-refractivity contribution is 0.178. The summed E-state index contributed by atoms with van der Waals surface area (Å²) in [6.45, 7) is 0.791. The zero-order chi connectivity index (χ0) is 13.9. The fraction of sp³-hybridized carbons (Fsp3) is 0.375. The Morgan fingerprint density at radius 3 is 2.95 bits per heavy atom. The number of fused-ring (bicyclic) bond motifs is 1. The molecule has 3 rings (SSSR count). The van der Waals surface area contributed by atoms with Crippen LogP contribution in [0.1, 0.15) is 24.8 Å². The monoisotopic (exact) mass is 267 g/mol. The fourth-order valence-corrected chi connectivity index (χ4v) is 2.90. The molecule has 0 saturated heterocycles. The lowest BCUT2D eigenvalue weighted by Crippen LogP contribution is -2.13. The van der Waals surface area contributed by atoms with Crippen LogP contribution in [0.25, 0.3) is 10.9 Å². The van der Waals surface area contributed by atoms with Gasteiger partial charge >= 0.3 is 0 Å². The molecule has 1 fully saturated rings. The molecule has 1 aliphatic rings. The summed E-state index contributed by atoms with van der Waals surface area (Å²) in [5, 5.41) is 23.2. The first-order valence-corrected chi connectivity index (χ1v) is 6.97. The van der Waals surface area contributed by atoms with Gasteiger partial charge in [0.05, 0.1) is 22.9 Å². The molecular weight excluding hydrogens is 250 g/mol. The molecule has 1 aromatic carbocycles. The lowest BCUT2D eigenvalue weighted by atomic mass is 10.1. The van der Waals surface area contributed by atoms with E-state index in [9.17, 15) is 10.4 Å². The van der Waals surface area contributed by atoms with E-state index in [4.69, 9.17) is 0 Å². The second-order valence-corrected chi connectivity index (χ2v) is 5.39. The average Bonchev–Trinajstić information content (AvgIpc) is 2.90. The predicted octanol–water partition coefficient (Wildman–Crippen LogP) is 2.68. The summed E-state index contributed by atoms with van der Waals surface area (Å²) >= 11 is 0. The summed E-state index contributed by atoms with van der Waals surface area (Å²) in [6.07, 6.45) is 4.23. The summed E-state index contributed by atoms with van der Waals surface area (Å²) in [6, 6.07) is 10.0. The Balaban J connectivity index is 1.87. The number of nitrogens with one attached hydrogen (secondary N) is 1. The molecule has 2 atom stereocenters. The van der Waals surface area contributed by atoms with Gasteiger partial charge in [0, 0.05) is 18.1 Å². The smallest absolute Gasteiger partial charge is 0.103 e. The Morgan fingerprint density at radius 2 is 2.20 bits per heavy atom. The van der Waals surface area contributed by atoms with Crippen molar-refractivity contribution in [2.24, 2.45) is 5.92 Å². The standard InChI is InChI=1S/C16H17N3O/c17-8-12-10-18-15-4-2-1-3-14(15)16(12)19-9-11-5-6-13(20)7-11/h1-4,10-11,13,20H,5-7,9H2,(H,18,19). The van der Waals surface area contributed by atoms with Gasteiger partial charge in [0.1, 0.15) is 6.07 Å². The zero-order valence-corrected chi connectivity index (χ0v) is 11.2. The Kier molecular flexibility index (Phi) is 3.53. The van der Waals surface area contributed by atoms with Gasteiger partial charge in [-0.3, -0.25) is 4.98 Å². The van der Waals surface area contributed by atoms with Gasteiger partial charge in [0.15, 0.2) is 0 Å². The molecule has 0 spiro atoms. The second kappa shape index (κ2) is 5.48. The molecule has 4 heteroatoms. The molecule has 102 valence electrons. The Bertz CT molecular complexity index is 662. The number of nitrogens with zero attached hydrogens (tertiary/aromatic N) is 2. The normalized spacial score (nSPS) is 21.8. The first-order valence-electron chi connectivity index (χ1n) is 6.97. The van der Waals surface area contributed by atoms with Crippen LogP contribution in [0.2, 0.25) is 0 Å². The van der Waals surface area contributed by atoms with E-state index < -0.39 is 0 Å². The first-order chi connectivity index (χ1) is 9.78. The maximum Gasteiger partial charge on any atom is 0.103 e. The van der Waals surface area contributed by atoms with Crippen molar-refractivity contribution in [3.05, 3.63) is 36.0 Å². The molecule has 4 nitrogen and oxygen atoms in total. The van der Waals surface area contributed by atoms with E-state index in [-0.39, 0.29) is 6.10 Å². The Morgan fingerprint density at radius 1 is 1.35 bits per heavy atom. The van der Waals surface area contributed by atoms with Gasteiger partial charge in [-0.2, -0.15) is 5.26 Å². The second-order valence-electron chi connectivity index (χ2n) is 5.39. The molecule has 0 amide bonds. The van der Waals surface area contributed by atoms with Crippen molar-refractivity contribution in [2.75, 3.05) is 11.9 Å². The maximum absolute atomic E-state index is 9.58. The highest BCUT2D eigenvalue weighted by molar-refractivity contribution is 5.93. The van der Waals surface area contributed by atoms with Gasteiger partial charge < -0.3 is 10.4 Å². The fourth-order valence-electron chi connectivity index (χ4n) is 2.90. The molecule has 1 aliphatic carbocycles. The van der Waals surface area contributed by atoms with Crippen molar-refractivity contribution < 1.29 is 5.11 Å². The minimum atomic E-state index is -0.161. The van der Waals surface area contributed by atoms with Crippen molar-refractivity contribution in [1.82, 2.24) is 4.98 Å². The van der Waals surface area contributed by atoms with Gasteiger partial charge in [-0.25, -0.2) is 0 Å². The highest BCUT2D eigenvalue weighted by atomic mass is 16.3. The predicted molar refractivity (Wildman–Crippen MR) is 78.3 cm³/mol. The third-order valence-electron chi connectivity index (χ3n) is 3.98. The molecule has 0 radical (unpaired) electrons. The van der Waals surface area contributed by atoms with Gasteiger partial charge in [-0.1, -0.05) is 18.2 Å². The number of anilines is 1. The molecule has 1 saturated carbocycles. The number of hydrogen-bond donors (Lipinski definition) is 2. The van der Waals surface area contributed by atoms with E-state index in [2.05, 4.69) is 16.4 Å². The number of aliphatic hydroxyl groups excluding tert-OH is 1. The van der Waals surface area contributed by atoms with E-state index in [1.165, 1.54) is 0 Å². The largest absolute Gasteiger partial charge is 0.393 e. The van der Waals surface area contributed by atoms with Crippen LogP contribution in [0, 0.1) is 17.2 Å². The third kappa shape index (κ3) is 2.45. The summed E-state index contributed by atoms with van der Waals surface area (Å²) < 4.78 is 0. The molecule has 0 bridgehead atoms.